The molecule has 1 aromatic carbocycles. The van der Waals surface area contributed by atoms with Crippen LogP contribution in [0.25, 0.3) is 22.5 Å². The number of aromatic nitrogens is 4. The normalized spacial score (nSPS) is 21.5. The first kappa shape index (κ1) is 25.9. The molecule has 0 bridgehead atoms. The van der Waals surface area contributed by atoms with Crippen molar-refractivity contribution in [3.63, 3.8) is 0 Å². The van der Waals surface area contributed by atoms with Gasteiger partial charge in [-0.15, -0.1) is 0 Å². The molecule has 1 saturated carbocycles. The Bertz CT molecular complexity index is 1480. The van der Waals surface area contributed by atoms with Crippen LogP contribution in [0.5, 0.6) is 5.75 Å². The number of carbonyl (C=O) groups is 2. The van der Waals surface area contributed by atoms with Crippen molar-refractivity contribution in [3.8, 4) is 28.3 Å². The van der Waals surface area contributed by atoms with Gasteiger partial charge in [0, 0.05) is 56.2 Å². The van der Waals surface area contributed by atoms with Crippen LogP contribution in [0.1, 0.15) is 60.4 Å². The SMILES string of the molecule is COc1cc2c(cc1-c1ccn(C)n1)-c1c(C3CC(F)(F)C3)nc(C(=O)N3CCCC3(C)C(N)=O)n1CC2.[Lr]. The van der Waals surface area contributed by atoms with Gasteiger partial charge in [0.15, 0.2) is 5.82 Å². The third kappa shape index (κ3) is 3.81. The minimum absolute atomic E-state index is 0. The average Bonchev–Trinajstić information content (AvgIpc) is 3.58. The molecule has 3 aliphatic rings. The quantitative estimate of drug-likeness (QED) is 0.427. The number of nitrogens with zero attached hydrogens (tertiary/aromatic N) is 5. The van der Waals surface area contributed by atoms with E-state index in [1.807, 2.05) is 36.0 Å². The van der Waals surface area contributed by atoms with Crippen molar-refractivity contribution in [2.75, 3.05) is 13.7 Å². The zero-order chi connectivity index (χ0) is 27.0. The van der Waals surface area contributed by atoms with Gasteiger partial charge in [0.2, 0.25) is 11.8 Å². The van der Waals surface area contributed by atoms with Gasteiger partial charge in [-0.1, -0.05) is 0 Å². The molecule has 12 heteroatoms. The number of methoxy groups -OCH3 is 1. The summed E-state index contributed by atoms with van der Waals surface area (Å²) in [5.41, 5.74) is 9.05. The number of carbonyl (C=O) groups excluding carboxylic acids is 2. The van der Waals surface area contributed by atoms with Crippen LogP contribution in [0.2, 0.25) is 0 Å². The minimum Gasteiger partial charge on any atom is -0.496 e. The van der Waals surface area contributed by atoms with Crippen LogP contribution >= 0.6 is 0 Å². The van der Waals surface area contributed by atoms with Crippen LogP contribution in [0.3, 0.4) is 0 Å². The Hall–Kier alpha value is -4.76. The Morgan fingerprint density at radius 3 is 2.54 bits per heavy atom. The maximum atomic E-state index is 14.0. The Labute approximate surface area is 218 Å². The first-order valence-corrected chi connectivity index (χ1v) is 12.8. The van der Waals surface area contributed by atoms with Crippen LogP contribution in [0.4, 0.5) is 8.78 Å². The molecule has 1 unspecified atom stereocenters. The summed E-state index contributed by atoms with van der Waals surface area (Å²) in [5.74, 6) is -3.35. The number of alkyl halides is 2. The molecule has 2 aliphatic heterocycles. The van der Waals surface area contributed by atoms with Crippen LogP contribution in [0, 0.1) is 0 Å². The van der Waals surface area contributed by atoms with E-state index in [4.69, 9.17) is 15.5 Å². The van der Waals surface area contributed by atoms with Gasteiger partial charge < -0.3 is 19.9 Å². The molecule has 39 heavy (non-hydrogen) atoms. The number of benzene rings is 1. The van der Waals surface area contributed by atoms with Crippen molar-refractivity contribution in [3.05, 3.63) is 41.5 Å². The van der Waals surface area contributed by atoms with Crippen LogP contribution < -0.4 is 10.5 Å². The van der Waals surface area contributed by atoms with Crippen molar-refractivity contribution in [1.82, 2.24) is 24.2 Å². The standard InChI is InChI=1S/C27H30F2N6O3.Lr/c1-26(25(30)37)7-4-8-35(26)24(36)23-31-21(16-13-27(28,29)14-16)22-17-12-18(19-6-9-33(2)32-19)20(38-3)11-15(17)5-10-34(22)23;/h6,9,11-12,16H,4-5,7-8,10,13-14H2,1-3H3,(H2,30,37);. The minimum atomic E-state index is -2.75. The summed E-state index contributed by atoms with van der Waals surface area (Å²) < 4.78 is 37.2. The predicted octanol–water partition coefficient (Wildman–Crippen LogP) is 3.51. The molecule has 2 aromatic heterocycles. The van der Waals surface area contributed by atoms with Gasteiger partial charge in [-0.3, -0.25) is 14.3 Å². The van der Waals surface area contributed by atoms with Gasteiger partial charge in [0.1, 0.15) is 11.3 Å². The van der Waals surface area contributed by atoms with Gasteiger partial charge >= 0.3 is 0 Å². The molecule has 215 valence electrons. The molecular formula is C27H30F2LrN6O3. The Morgan fingerprint density at radius 1 is 1.18 bits per heavy atom. The van der Waals surface area contributed by atoms with Crippen LogP contribution in [0.15, 0.2) is 24.4 Å². The number of nitrogens with two attached hydrogens (primary N) is 1. The van der Waals surface area contributed by atoms with Crippen LogP contribution in [-0.4, -0.2) is 61.2 Å². The maximum Gasteiger partial charge on any atom is 0.290 e. The summed E-state index contributed by atoms with van der Waals surface area (Å²) in [7, 11) is 3.43. The monoisotopic (exact) mass is 786 g/mol. The number of halogens is 2. The number of aryl methyl sites for hydroxylation is 2. The zero-order valence-electron chi connectivity index (χ0n) is 21.9. The fourth-order valence-electron chi connectivity index (χ4n) is 6.15. The molecule has 4 heterocycles. The van der Waals surface area contributed by atoms with Crippen molar-refractivity contribution in [2.24, 2.45) is 12.8 Å². The molecule has 1 aliphatic carbocycles. The molecule has 2 amide bonds. The molecule has 0 spiro atoms. The van der Waals surface area contributed by atoms with Crippen molar-refractivity contribution < 1.29 is 23.1 Å². The number of ether oxygens (including phenoxy) is 1. The summed E-state index contributed by atoms with van der Waals surface area (Å²) >= 11 is 0. The number of hydrogen-bond donors (Lipinski definition) is 1. The smallest absolute Gasteiger partial charge is 0.290 e. The summed E-state index contributed by atoms with van der Waals surface area (Å²) in [6.07, 6.45) is 2.93. The van der Waals surface area contributed by atoms with E-state index in [0.717, 1.165) is 16.7 Å². The number of rotatable bonds is 5. The molecule has 6 rings (SSSR count). The molecule has 9 nitrogen and oxygen atoms in total. The third-order valence-corrected chi connectivity index (χ3v) is 8.35. The van der Waals surface area contributed by atoms with E-state index in [-0.39, 0.29) is 18.7 Å². The largest absolute Gasteiger partial charge is 0.496 e. The number of fused-ring (bicyclic) bond motifs is 3. The first-order valence-electron chi connectivity index (χ1n) is 12.8. The molecule has 3 aromatic rings. The van der Waals surface area contributed by atoms with E-state index in [1.54, 1.807) is 18.7 Å². The van der Waals surface area contributed by atoms with Crippen molar-refractivity contribution >= 4 is 11.8 Å². The van der Waals surface area contributed by atoms with Gasteiger partial charge in [0.05, 0.1) is 24.2 Å². The summed E-state index contributed by atoms with van der Waals surface area (Å²) in [6, 6.07) is 5.80. The second-order valence-corrected chi connectivity index (χ2v) is 10.8. The Morgan fingerprint density at radius 2 is 1.92 bits per heavy atom. The maximum absolute atomic E-state index is 14.0. The predicted molar refractivity (Wildman–Crippen MR) is 135 cm³/mol. The third-order valence-electron chi connectivity index (χ3n) is 8.35. The number of likely N-dealkylation sites (tertiary alicyclic amines) is 1. The zero-order valence-corrected chi connectivity index (χ0v) is 24.0. The van der Waals surface area contributed by atoms with Crippen LogP contribution in [-0.2, 0) is 24.8 Å². The number of amides is 2. The summed E-state index contributed by atoms with van der Waals surface area (Å²) in [5, 5.41) is 4.53. The van der Waals surface area contributed by atoms with Gasteiger partial charge in [-0.25, -0.2) is 13.8 Å². The topological polar surface area (TPSA) is 108 Å². The van der Waals surface area contributed by atoms with E-state index in [9.17, 15) is 18.4 Å². The van der Waals surface area contributed by atoms with Gasteiger partial charge in [0.25, 0.3) is 5.91 Å². The molecule has 1 radical (unpaired) electrons. The summed E-state index contributed by atoms with van der Waals surface area (Å²) in [4.78, 5) is 32.4. The number of primary amides is 1. The molecular weight excluding hydrogens is 756 g/mol. The van der Waals surface area contributed by atoms with Crippen molar-refractivity contribution in [1.29, 1.82) is 0 Å². The van der Waals surface area contributed by atoms with E-state index in [1.165, 1.54) is 4.90 Å². The Kier molecular flexibility index (Phi) is 5.73. The van der Waals surface area contributed by atoms with E-state index in [2.05, 4.69) is 5.10 Å². The Balaban J connectivity index is 0.00000308. The van der Waals surface area contributed by atoms with E-state index in [0.29, 0.717) is 55.2 Å². The molecule has 1 saturated heterocycles. The molecule has 2 fully saturated rings. The first-order chi connectivity index (χ1) is 18.0. The van der Waals surface area contributed by atoms with E-state index >= 15 is 0 Å². The second-order valence-electron chi connectivity index (χ2n) is 10.8. The fourth-order valence-corrected chi connectivity index (χ4v) is 6.15. The van der Waals surface area contributed by atoms with Gasteiger partial charge in [-0.05, 0) is 49.9 Å². The number of imidazole rings is 1. The number of hydrogen-bond acceptors (Lipinski definition) is 5. The molecule has 1 atom stereocenters. The average molecular weight is 787 g/mol. The van der Waals surface area contributed by atoms with E-state index < -0.39 is 29.2 Å². The molecule has 2 N–H and O–H groups in total. The van der Waals surface area contributed by atoms with Gasteiger partial charge in [-0.2, -0.15) is 5.10 Å². The summed E-state index contributed by atoms with van der Waals surface area (Å²) in [6.45, 7) is 2.51. The second kappa shape index (κ2) is 8.64. The van der Waals surface area contributed by atoms with Crippen molar-refractivity contribution in [2.45, 2.75) is 63.0 Å². The fraction of sp³-hybridized carbons (Fsp3) is 0.481.